The SMILES string of the molecule is CS(=O)(=O)N(CCC(=O)Nc1ccccc1C#N)c1cccc(F)c1. The molecule has 2 aromatic rings. The number of rotatable bonds is 6. The van der Waals surface area contributed by atoms with E-state index in [2.05, 4.69) is 5.32 Å². The van der Waals surface area contributed by atoms with Crippen molar-refractivity contribution in [2.45, 2.75) is 6.42 Å². The van der Waals surface area contributed by atoms with E-state index >= 15 is 0 Å². The minimum absolute atomic E-state index is 0.146. The highest BCUT2D eigenvalue weighted by atomic mass is 32.2. The number of halogens is 1. The van der Waals surface area contributed by atoms with Crippen LogP contribution in [0, 0.1) is 17.1 Å². The average Bonchev–Trinajstić information content (AvgIpc) is 2.54. The Bertz CT molecular complexity index is 923. The third-order valence-corrected chi connectivity index (χ3v) is 4.55. The van der Waals surface area contributed by atoms with Crippen molar-refractivity contribution in [2.75, 3.05) is 22.4 Å². The second-order valence-electron chi connectivity index (χ2n) is 5.27. The van der Waals surface area contributed by atoms with Gasteiger partial charge in [0.05, 0.1) is 23.2 Å². The molecule has 0 saturated heterocycles. The van der Waals surface area contributed by atoms with Crippen molar-refractivity contribution in [1.29, 1.82) is 5.26 Å². The van der Waals surface area contributed by atoms with Gasteiger partial charge in [0.1, 0.15) is 11.9 Å². The summed E-state index contributed by atoms with van der Waals surface area (Å²) in [4.78, 5) is 12.1. The standard InChI is InChI=1S/C17H16FN3O3S/c1-25(23,24)21(15-7-4-6-14(18)11-15)10-9-17(22)20-16-8-3-2-5-13(16)12-19/h2-8,11H,9-10H2,1H3,(H,20,22). The van der Waals surface area contributed by atoms with E-state index < -0.39 is 21.7 Å². The summed E-state index contributed by atoms with van der Waals surface area (Å²) >= 11 is 0. The Morgan fingerprint density at radius 3 is 2.60 bits per heavy atom. The average molecular weight is 361 g/mol. The van der Waals surface area contributed by atoms with Crippen LogP contribution in [0.15, 0.2) is 48.5 Å². The third kappa shape index (κ3) is 5.02. The van der Waals surface area contributed by atoms with Gasteiger partial charge >= 0.3 is 0 Å². The van der Waals surface area contributed by atoms with E-state index in [1.165, 1.54) is 18.2 Å². The van der Waals surface area contributed by atoms with Crippen LogP contribution in [0.2, 0.25) is 0 Å². The summed E-state index contributed by atoms with van der Waals surface area (Å²) in [5.74, 6) is -1.02. The highest BCUT2D eigenvalue weighted by molar-refractivity contribution is 7.92. The number of carbonyl (C=O) groups is 1. The molecule has 0 aliphatic carbocycles. The lowest BCUT2D eigenvalue weighted by atomic mass is 10.2. The predicted molar refractivity (Wildman–Crippen MR) is 93.0 cm³/mol. The minimum Gasteiger partial charge on any atom is -0.325 e. The van der Waals surface area contributed by atoms with E-state index in [1.807, 2.05) is 6.07 Å². The van der Waals surface area contributed by atoms with Gasteiger partial charge in [-0.2, -0.15) is 5.26 Å². The lowest BCUT2D eigenvalue weighted by Crippen LogP contribution is -2.33. The van der Waals surface area contributed by atoms with Crippen molar-refractivity contribution < 1.29 is 17.6 Å². The Morgan fingerprint density at radius 1 is 1.24 bits per heavy atom. The lowest BCUT2D eigenvalue weighted by Gasteiger charge is -2.22. The summed E-state index contributed by atoms with van der Waals surface area (Å²) in [7, 11) is -3.68. The van der Waals surface area contributed by atoms with Crippen LogP contribution in [-0.2, 0) is 14.8 Å². The molecule has 0 radical (unpaired) electrons. The van der Waals surface area contributed by atoms with E-state index in [0.29, 0.717) is 11.3 Å². The van der Waals surface area contributed by atoms with Gasteiger partial charge in [-0.15, -0.1) is 0 Å². The summed E-state index contributed by atoms with van der Waals surface area (Å²) in [5, 5.41) is 11.6. The normalized spacial score (nSPS) is 10.8. The van der Waals surface area contributed by atoms with E-state index in [0.717, 1.165) is 16.6 Å². The molecule has 2 rings (SSSR count). The van der Waals surface area contributed by atoms with E-state index in [1.54, 1.807) is 24.3 Å². The molecule has 25 heavy (non-hydrogen) atoms. The first-order chi connectivity index (χ1) is 11.8. The maximum Gasteiger partial charge on any atom is 0.232 e. The molecule has 0 fully saturated rings. The molecule has 0 bridgehead atoms. The van der Waals surface area contributed by atoms with Crippen LogP contribution in [0.25, 0.3) is 0 Å². The number of nitriles is 1. The van der Waals surface area contributed by atoms with Crippen molar-refractivity contribution in [3.63, 3.8) is 0 Å². The number of amides is 1. The molecule has 0 spiro atoms. The summed E-state index contributed by atoms with van der Waals surface area (Å²) in [6.45, 7) is -0.150. The number of para-hydroxylation sites is 1. The number of sulfonamides is 1. The Hall–Kier alpha value is -2.92. The smallest absolute Gasteiger partial charge is 0.232 e. The molecule has 0 saturated carbocycles. The highest BCUT2D eigenvalue weighted by Gasteiger charge is 2.19. The maximum absolute atomic E-state index is 13.4. The molecule has 0 aromatic heterocycles. The molecular formula is C17H16FN3O3S. The molecule has 0 aliphatic heterocycles. The Balaban J connectivity index is 2.11. The lowest BCUT2D eigenvalue weighted by molar-refractivity contribution is -0.116. The number of carbonyl (C=O) groups excluding carboxylic acids is 1. The van der Waals surface area contributed by atoms with Crippen LogP contribution in [0.1, 0.15) is 12.0 Å². The first kappa shape index (κ1) is 18.4. The van der Waals surface area contributed by atoms with Crippen molar-refractivity contribution >= 4 is 27.3 Å². The molecule has 6 nitrogen and oxygen atoms in total. The van der Waals surface area contributed by atoms with Crippen LogP contribution in [0.3, 0.4) is 0 Å². The van der Waals surface area contributed by atoms with Crippen LogP contribution in [0.5, 0.6) is 0 Å². The molecule has 1 N–H and O–H groups in total. The number of benzene rings is 2. The number of hydrogen-bond acceptors (Lipinski definition) is 4. The van der Waals surface area contributed by atoms with E-state index in [-0.39, 0.29) is 18.7 Å². The van der Waals surface area contributed by atoms with Gasteiger partial charge in [0.25, 0.3) is 0 Å². The quantitative estimate of drug-likeness (QED) is 0.856. The molecular weight excluding hydrogens is 345 g/mol. The monoisotopic (exact) mass is 361 g/mol. The first-order valence-corrected chi connectivity index (χ1v) is 9.18. The van der Waals surface area contributed by atoms with Crippen molar-refractivity contribution in [1.82, 2.24) is 0 Å². The second kappa shape index (κ2) is 7.77. The predicted octanol–water partition coefficient (Wildman–Crippen LogP) is 2.49. The highest BCUT2D eigenvalue weighted by Crippen LogP contribution is 2.19. The summed E-state index contributed by atoms with van der Waals surface area (Å²) in [6, 6.07) is 13.6. The Kier molecular flexibility index (Phi) is 5.72. The zero-order chi connectivity index (χ0) is 18.4. The van der Waals surface area contributed by atoms with Crippen LogP contribution < -0.4 is 9.62 Å². The van der Waals surface area contributed by atoms with Gasteiger partial charge in [0.15, 0.2) is 0 Å². The topological polar surface area (TPSA) is 90.3 Å². The van der Waals surface area contributed by atoms with Gasteiger partial charge in [0, 0.05) is 13.0 Å². The molecule has 0 atom stereocenters. The molecule has 8 heteroatoms. The van der Waals surface area contributed by atoms with Gasteiger partial charge in [-0.05, 0) is 30.3 Å². The number of nitrogens with zero attached hydrogens (tertiary/aromatic N) is 2. The molecule has 0 heterocycles. The number of anilines is 2. The zero-order valence-electron chi connectivity index (χ0n) is 13.4. The Morgan fingerprint density at radius 2 is 1.96 bits per heavy atom. The fraction of sp³-hybridized carbons (Fsp3) is 0.176. The molecule has 1 amide bonds. The fourth-order valence-corrected chi connectivity index (χ4v) is 3.14. The van der Waals surface area contributed by atoms with E-state index in [9.17, 15) is 17.6 Å². The minimum atomic E-state index is -3.68. The van der Waals surface area contributed by atoms with Crippen molar-refractivity contribution in [2.24, 2.45) is 0 Å². The van der Waals surface area contributed by atoms with E-state index in [4.69, 9.17) is 5.26 Å². The second-order valence-corrected chi connectivity index (χ2v) is 7.18. The third-order valence-electron chi connectivity index (χ3n) is 3.36. The van der Waals surface area contributed by atoms with Gasteiger partial charge in [0.2, 0.25) is 15.9 Å². The van der Waals surface area contributed by atoms with Crippen LogP contribution >= 0.6 is 0 Å². The first-order valence-electron chi connectivity index (χ1n) is 7.33. The van der Waals surface area contributed by atoms with Crippen LogP contribution in [-0.4, -0.2) is 27.1 Å². The fourth-order valence-electron chi connectivity index (χ4n) is 2.22. The molecule has 130 valence electrons. The van der Waals surface area contributed by atoms with Crippen molar-refractivity contribution in [3.05, 3.63) is 59.9 Å². The Labute approximate surface area is 145 Å². The molecule has 0 aliphatic rings. The van der Waals surface area contributed by atoms with Crippen molar-refractivity contribution in [3.8, 4) is 6.07 Å². The van der Waals surface area contributed by atoms with Gasteiger partial charge in [-0.25, -0.2) is 12.8 Å². The van der Waals surface area contributed by atoms with Gasteiger partial charge in [-0.1, -0.05) is 18.2 Å². The number of nitrogens with one attached hydrogen (secondary N) is 1. The zero-order valence-corrected chi connectivity index (χ0v) is 14.3. The number of hydrogen-bond donors (Lipinski definition) is 1. The molecule has 2 aromatic carbocycles. The van der Waals surface area contributed by atoms with Gasteiger partial charge in [-0.3, -0.25) is 9.10 Å². The van der Waals surface area contributed by atoms with Crippen LogP contribution in [0.4, 0.5) is 15.8 Å². The largest absolute Gasteiger partial charge is 0.325 e. The molecule has 0 unspecified atom stereocenters. The maximum atomic E-state index is 13.4. The van der Waals surface area contributed by atoms with Gasteiger partial charge < -0.3 is 5.32 Å². The summed E-state index contributed by atoms with van der Waals surface area (Å²) in [6.07, 6.45) is 0.837. The summed E-state index contributed by atoms with van der Waals surface area (Å²) < 4.78 is 38.2. The summed E-state index contributed by atoms with van der Waals surface area (Å²) in [5.41, 5.74) is 0.806.